The Labute approximate surface area is 121 Å². The minimum Gasteiger partial charge on any atom is -0.399 e. The summed E-state index contributed by atoms with van der Waals surface area (Å²) in [4.78, 5) is 11.1. The van der Waals surface area contributed by atoms with E-state index in [4.69, 9.17) is 9.31 Å². The third-order valence-electron chi connectivity index (χ3n) is 4.33. The molecule has 3 nitrogen and oxygen atoms in total. The van der Waals surface area contributed by atoms with Gasteiger partial charge in [-0.05, 0) is 50.7 Å². The fourth-order valence-corrected chi connectivity index (χ4v) is 2.22. The third kappa shape index (κ3) is 2.67. The minimum absolute atomic E-state index is 0.357. The number of hydrogen-bond acceptors (Lipinski definition) is 3. The predicted molar refractivity (Wildman–Crippen MR) is 81.6 cm³/mol. The lowest BCUT2D eigenvalue weighted by Gasteiger charge is -2.32. The van der Waals surface area contributed by atoms with Crippen LogP contribution in [0.1, 0.15) is 63.4 Å². The van der Waals surface area contributed by atoms with Crippen molar-refractivity contribution in [3.63, 3.8) is 0 Å². The predicted octanol–water partition coefficient (Wildman–Crippen LogP) is 2.92. The molecule has 0 aromatic heterocycles. The van der Waals surface area contributed by atoms with Crippen LogP contribution in [-0.4, -0.2) is 24.6 Å². The second kappa shape index (κ2) is 5.01. The first-order valence-electron chi connectivity index (χ1n) is 7.12. The molecule has 0 amide bonds. The molecule has 2 rings (SSSR count). The van der Waals surface area contributed by atoms with Gasteiger partial charge in [-0.1, -0.05) is 26.0 Å². The zero-order chi connectivity index (χ0) is 15.1. The van der Waals surface area contributed by atoms with Gasteiger partial charge < -0.3 is 9.31 Å². The van der Waals surface area contributed by atoms with Gasteiger partial charge in [-0.2, -0.15) is 0 Å². The van der Waals surface area contributed by atoms with Crippen LogP contribution in [0.3, 0.4) is 0 Å². The SMILES string of the molecule is CC(C)c1cc(C=O)cc(B2OC(C)(C)C(C)(C)O2)c1. The minimum atomic E-state index is -0.419. The topological polar surface area (TPSA) is 35.5 Å². The lowest BCUT2D eigenvalue weighted by Crippen LogP contribution is -2.41. The molecule has 1 fully saturated rings. The highest BCUT2D eigenvalue weighted by atomic mass is 16.7. The Morgan fingerprint density at radius 2 is 1.60 bits per heavy atom. The first-order valence-corrected chi connectivity index (χ1v) is 7.12. The summed E-state index contributed by atoms with van der Waals surface area (Å²) in [5.41, 5.74) is 1.97. The van der Waals surface area contributed by atoms with E-state index in [-0.39, 0.29) is 11.2 Å². The maximum Gasteiger partial charge on any atom is 0.494 e. The van der Waals surface area contributed by atoms with E-state index in [1.165, 1.54) is 0 Å². The lowest BCUT2D eigenvalue weighted by atomic mass is 9.76. The van der Waals surface area contributed by atoms with Gasteiger partial charge in [-0.25, -0.2) is 0 Å². The molecular formula is C16H23BO3. The first-order chi connectivity index (χ1) is 9.16. The molecular weight excluding hydrogens is 251 g/mol. The lowest BCUT2D eigenvalue weighted by molar-refractivity contribution is 0.00578. The van der Waals surface area contributed by atoms with E-state index in [0.29, 0.717) is 11.5 Å². The van der Waals surface area contributed by atoms with Gasteiger partial charge in [0.25, 0.3) is 0 Å². The highest BCUT2D eigenvalue weighted by Crippen LogP contribution is 2.36. The van der Waals surface area contributed by atoms with Crippen LogP contribution in [0.25, 0.3) is 0 Å². The van der Waals surface area contributed by atoms with Crippen molar-refractivity contribution < 1.29 is 14.1 Å². The van der Waals surface area contributed by atoms with E-state index in [1.54, 1.807) is 0 Å². The van der Waals surface area contributed by atoms with Gasteiger partial charge in [0.15, 0.2) is 0 Å². The van der Waals surface area contributed by atoms with Crippen molar-refractivity contribution in [3.05, 3.63) is 29.3 Å². The molecule has 0 radical (unpaired) electrons. The summed E-state index contributed by atoms with van der Waals surface area (Å²) in [5.74, 6) is 0.357. The monoisotopic (exact) mass is 274 g/mol. The molecule has 108 valence electrons. The summed E-state index contributed by atoms with van der Waals surface area (Å²) in [6.45, 7) is 12.3. The van der Waals surface area contributed by atoms with Crippen LogP contribution in [0.15, 0.2) is 18.2 Å². The van der Waals surface area contributed by atoms with Crippen molar-refractivity contribution >= 4 is 18.9 Å². The maximum atomic E-state index is 11.1. The van der Waals surface area contributed by atoms with Crippen LogP contribution < -0.4 is 5.46 Å². The summed E-state index contributed by atoms with van der Waals surface area (Å²) < 4.78 is 12.1. The molecule has 0 N–H and O–H groups in total. The van der Waals surface area contributed by atoms with E-state index < -0.39 is 7.12 Å². The van der Waals surface area contributed by atoms with Crippen LogP contribution in [0.2, 0.25) is 0 Å². The van der Waals surface area contributed by atoms with Crippen molar-refractivity contribution in [1.29, 1.82) is 0 Å². The van der Waals surface area contributed by atoms with Crippen LogP contribution in [0.4, 0.5) is 0 Å². The van der Waals surface area contributed by atoms with Gasteiger partial charge >= 0.3 is 7.12 Å². The normalized spacial score (nSPS) is 20.4. The number of aldehydes is 1. The van der Waals surface area contributed by atoms with Gasteiger partial charge in [0.2, 0.25) is 0 Å². The van der Waals surface area contributed by atoms with Gasteiger partial charge in [0.1, 0.15) is 6.29 Å². The molecule has 1 aliphatic heterocycles. The Balaban J connectivity index is 2.39. The van der Waals surface area contributed by atoms with Crippen LogP contribution in [0, 0.1) is 0 Å². The van der Waals surface area contributed by atoms with E-state index in [2.05, 4.69) is 19.9 Å². The van der Waals surface area contributed by atoms with Crippen molar-refractivity contribution in [2.45, 2.75) is 58.7 Å². The zero-order valence-electron chi connectivity index (χ0n) is 13.2. The molecule has 1 aliphatic rings. The summed E-state index contributed by atoms with van der Waals surface area (Å²) in [6, 6.07) is 5.84. The number of benzene rings is 1. The molecule has 1 aromatic rings. The average Bonchev–Trinajstić information content (AvgIpc) is 2.58. The van der Waals surface area contributed by atoms with Gasteiger partial charge in [0.05, 0.1) is 11.2 Å². The Morgan fingerprint density at radius 3 is 2.05 bits per heavy atom. The fourth-order valence-electron chi connectivity index (χ4n) is 2.22. The molecule has 0 bridgehead atoms. The highest BCUT2D eigenvalue weighted by Gasteiger charge is 2.51. The standard InChI is InChI=1S/C16H23BO3/c1-11(2)13-7-12(10-18)8-14(9-13)17-19-15(3,4)16(5,6)20-17/h7-11H,1-6H3. The van der Waals surface area contributed by atoms with E-state index >= 15 is 0 Å². The van der Waals surface area contributed by atoms with Crippen molar-refractivity contribution in [2.75, 3.05) is 0 Å². The molecule has 0 aliphatic carbocycles. The third-order valence-corrected chi connectivity index (χ3v) is 4.33. The molecule has 0 atom stereocenters. The second-order valence-corrected chi connectivity index (χ2v) is 6.79. The van der Waals surface area contributed by atoms with Crippen molar-refractivity contribution in [3.8, 4) is 0 Å². The Bertz CT molecular complexity index is 504. The molecule has 0 saturated carbocycles. The fraction of sp³-hybridized carbons (Fsp3) is 0.562. The van der Waals surface area contributed by atoms with Gasteiger partial charge in [-0.15, -0.1) is 0 Å². The summed E-state index contributed by atoms with van der Waals surface area (Å²) >= 11 is 0. The molecule has 20 heavy (non-hydrogen) atoms. The second-order valence-electron chi connectivity index (χ2n) is 6.79. The maximum absolute atomic E-state index is 11.1. The molecule has 1 aromatic carbocycles. The van der Waals surface area contributed by atoms with Crippen LogP contribution in [-0.2, 0) is 9.31 Å². The summed E-state index contributed by atoms with van der Waals surface area (Å²) in [7, 11) is -0.419. The van der Waals surface area contributed by atoms with Crippen LogP contribution >= 0.6 is 0 Å². The highest BCUT2D eigenvalue weighted by molar-refractivity contribution is 6.62. The number of carbonyl (C=O) groups is 1. The van der Waals surface area contributed by atoms with Crippen LogP contribution in [0.5, 0.6) is 0 Å². The Hall–Kier alpha value is -1.13. The summed E-state index contributed by atoms with van der Waals surface area (Å²) in [5, 5.41) is 0. The molecule has 4 heteroatoms. The molecule has 0 spiro atoms. The molecule has 0 unspecified atom stereocenters. The molecule has 1 saturated heterocycles. The Morgan fingerprint density at radius 1 is 1.05 bits per heavy atom. The van der Waals surface area contributed by atoms with E-state index in [9.17, 15) is 4.79 Å². The smallest absolute Gasteiger partial charge is 0.399 e. The van der Waals surface area contributed by atoms with E-state index in [0.717, 1.165) is 17.3 Å². The number of hydrogen-bond donors (Lipinski definition) is 0. The summed E-state index contributed by atoms with van der Waals surface area (Å²) in [6.07, 6.45) is 0.876. The molecule has 1 heterocycles. The average molecular weight is 274 g/mol. The van der Waals surface area contributed by atoms with Crippen molar-refractivity contribution in [2.24, 2.45) is 0 Å². The largest absolute Gasteiger partial charge is 0.494 e. The Kier molecular flexibility index (Phi) is 3.82. The van der Waals surface area contributed by atoms with Gasteiger partial charge in [-0.3, -0.25) is 4.79 Å². The van der Waals surface area contributed by atoms with Crippen molar-refractivity contribution in [1.82, 2.24) is 0 Å². The number of rotatable bonds is 3. The van der Waals surface area contributed by atoms with E-state index in [1.807, 2.05) is 39.8 Å². The quantitative estimate of drug-likeness (QED) is 0.628. The van der Waals surface area contributed by atoms with Gasteiger partial charge in [0, 0.05) is 5.56 Å². The first kappa shape index (κ1) is 15.3. The zero-order valence-corrected chi connectivity index (χ0v) is 13.2. The number of carbonyl (C=O) groups excluding carboxylic acids is 1.